The van der Waals surface area contributed by atoms with E-state index in [0.29, 0.717) is 6.42 Å². The lowest BCUT2D eigenvalue weighted by atomic mass is 10.4. The fourth-order valence-electron chi connectivity index (χ4n) is 1.10. The van der Waals surface area contributed by atoms with Crippen molar-refractivity contribution in [2.45, 2.75) is 19.9 Å². The van der Waals surface area contributed by atoms with Gasteiger partial charge >= 0.3 is 0 Å². The van der Waals surface area contributed by atoms with Crippen molar-refractivity contribution in [1.82, 2.24) is 9.88 Å². The average Bonchev–Trinajstić information content (AvgIpc) is 2.48. The standard InChI is InChI=1S/C9H16N4S/c1-7-6-14-9(12-7)5-13(2)4-3-8(10)11/h6H,3-5H2,1-2H3,(H3,10,11). The number of aromatic nitrogens is 1. The first-order valence-corrected chi connectivity index (χ1v) is 5.38. The van der Waals surface area contributed by atoms with Crippen LogP contribution >= 0.6 is 11.3 Å². The number of rotatable bonds is 5. The molecular weight excluding hydrogens is 196 g/mol. The monoisotopic (exact) mass is 212 g/mol. The number of nitrogens with one attached hydrogen (secondary N) is 1. The summed E-state index contributed by atoms with van der Waals surface area (Å²) in [5.74, 6) is 0.243. The van der Waals surface area contributed by atoms with Crippen LogP contribution in [0.2, 0.25) is 0 Å². The molecule has 0 aliphatic carbocycles. The predicted octanol–water partition coefficient (Wildman–Crippen LogP) is 1.21. The quantitative estimate of drug-likeness (QED) is 0.569. The van der Waals surface area contributed by atoms with Crippen LogP contribution in [0.4, 0.5) is 0 Å². The number of hydrogen-bond acceptors (Lipinski definition) is 4. The SMILES string of the molecule is Cc1csc(CN(C)CCC(=N)N)n1. The molecule has 0 saturated carbocycles. The summed E-state index contributed by atoms with van der Waals surface area (Å²) in [6, 6.07) is 0. The van der Waals surface area contributed by atoms with Crippen molar-refractivity contribution in [3.63, 3.8) is 0 Å². The van der Waals surface area contributed by atoms with E-state index in [1.165, 1.54) is 0 Å². The van der Waals surface area contributed by atoms with Gasteiger partial charge in [-0.25, -0.2) is 4.98 Å². The van der Waals surface area contributed by atoms with Gasteiger partial charge in [0.1, 0.15) is 5.01 Å². The van der Waals surface area contributed by atoms with Crippen LogP contribution in [0.3, 0.4) is 0 Å². The Hall–Kier alpha value is -0.940. The maximum atomic E-state index is 7.11. The van der Waals surface area contributed by atoms with E-state index in [4.69, 9.17) is 11.1 Å². The van der Waals surface area contributed by atoms with Gasteiger partial charge in [-0.2, -0.15) is 0 Å². The first-order chi connectivity index (χ1) is 6.58. The van der Waals surface area contributed by atoms with E-state index in [1.54, 1.807) is 11.3 Å². The highest BCUT2D eigenvalue weighted by atomic mass is 32.1. The second-order valence-electron chi connectivity index (χ2n) is 3.40. The number of aryl methyl sites for hydroxylation is 1. The second kappa shape index (κ2) is 5.07. The van der Waals surface area contributed by atoms with Crippen LogP contribution in [-0.2, 0) is 6.54 Å². The third-order valence-electron chi connectivity index (χ3n) is 1.83. The molecule has 1 heterocycles. The number of amidine groups is 1. The van der Waals surface area contributed by atoms with Gasteiger partial charge in [0.05, 0.1) is 12.4 Å². The zero-order chi connectivity index (χ0) is 10.6. The number of hydrogen-bond donors (Lipinski definition) is 2. The highest BCUT2D eigenvalue weighted by Crippen LogP contribution is 2.10. The Balaban J connectivity index is 2.33. The van der Waals surface area contributed by atoms with Gasteiger partial charge in [-0.1, -0.05) is 0 Å². The first kappa shape index (κ1) is 11.1. The molecule has 1 rings (SSSR count). The molecule has 0 spiro atoms. The molecule has 0 atom stereocenters. The van der Waals surface area contributed by atoms with Crippen LogP contribution in [0.15, 0.2) is 5.38 Å². The van der Waals surface area contributed by atoms with Crippen molar-refractivity contribution in [1.29, 1.82) is 5.41 Å². The Morgan fingerprint density at radius 2 is 2.43 bits per heavy atom. The predicted molar refractivity (Wildman–Crippen MR) is 59.7 cm³/mol. The summed E-state index contributed by atoms with van der Waals surface area (Å²) in [6.45, 7) is 3.65. The van der Waals surface area contributed by atoms with E-state index in [1.807, 2.05) is 19.4 Å². The fraction of sp³-hybridized carbons (Fsp3) is 0.556. The summed E-state index contributed by atoms with van der Waals surface area (Å²) in [7, 11) is 2.01. The zero-order valence-corrected chi connectivity index (χ0v) is 9.40. The highest BCUT2D eigenvalue weighted by Gasteiger charge is 2.03. The molecule has 0 saturated heterocycles. The summed E-state index contributed by atoms with van der Waals surface area (Å²) < 4.78 is 0. The summed E-state index contributed by atoms with van der Waals surface area (Å²) in [6.07, 6.45) is 0.626. The molecule has 0 aliphatic heterocycles. The van der Waals surface area contributed by atoms with Crippen LogP contribution in [0.5, 0.6) is 0 Å². The first-order valence-electron chi connectivity index (χ1n) is 4.50. The minimum absolute atomic E-state index is 0.243. The minimum Gasteiger partial charge on any atom is -0.388 e. The van der Waals surface area contributed by atoms with Gasteiger partial charge in [0.25, 0.3) is 0 Å². The van der Waals surface area contributed by atoms with Crippen molar-refractivity contribution < 1.29 is 0 Å². The smallest absolute Gasteiger partial charge is 0.107 e. The molecule has 0 radical (unpaired) electrons. The molecule has 0 unspecified atom stereocenters. The summed E-state index contributed by atoms with van der Waals surface area (Å²) >= 11 is 1.67. The Morgan fingerprint density at radius 1 is 1.71 bits per heavy atom. The maximum Gasteiger partial charge on any atom is 0.107 e. The van der Waals surface area contributed by atoms with Gasteiger partial charge < -0.3 is 5.73 Å². The average molecular weight is 212 g/mol. The van der Waals surface area contributed by atoms with Crippen molar-refractivity contribution in [2.75, 3.05) is 13.6 Å². The molecule has 3 N–H and O–H groups in total. The van der Waals surface area contributed by atoms with Crippen LogP contribution in [0.25, 0.3) is 0 Å². The molecule has 1 aromatic rings. The number of nitrogens with two attached hydrogens (primary N) is 1. The fourth-order valence-corrected chi connectivity index (χ4v) is 1.95. The van der Waals surface area contributed by atoms with Crippen LogP contribution in [-0.4, -0.2) is 29.3 Å². The van der Waals surface area contributed by atoms with E-state index >= 15 is 0 Å². The normalized spacial score (nSPS) is 10.8. The zero-order valence-electron chi connectivity index (χ0n) is 8.58. The minimum atomic E-state index is 0.243. The lowest BCUT2D eigenvalue weighted by molar-refractivity contribution is 0.336. The van der Waals surface area contributed by atoms with E-state index in [0.717, 1.165) is 23.8 Å². The molecule has 0 amide bonds. The van der Waals surface area contributed by atoms with Gasteiger partial charge in [0, 0.05) is 24.0 Å². The lowest BCUT2D eigenvalue weighted by Crippen LogP contribution is -2.23. The Labute approximate surface area is 88.3 Å². The van der Waals surface area contributed by atoms with Gasteiger partial charge in [0.15, 0.2) is 0 Å². The Kier molecular flexibility index (Phi) is 4.03. The van der Waals surface area contributed by atoms with Gasteiger partial charge in [-0.05, 0) is 14.0 Å². The molecule has 0 bridgehead atoms. The summed E-state index contributed by atoms with van der Waals surface area (Å²) in [5.41, 5.74) is 6.36. The van der Waals surface area contributed by atoms with Crippen molar-refractivity contribution in [3.8, 4) is 0 Å². The number of nitrogens with zero attached hydrogens (tertiary/aromatic N) is 2. The number of thiazole rings is 1. The van der Waals surface area contributed by atoms with Crippen molar-refractivity contribution in [2.24, 2.45) is 5.73 Å². The molecule has 0 aromatic carbocycles. The molecule has 14 heavy (non-hydrogen) atoms. The van der Waals surface area contributed by atoms with Gasteiger partial charge in [-0.15, -0.1) is 11.3 Å². The second-order valence-corrected chi connectivity index (χ2v) is 4.34. The lowest BCUT2D eigenvalue weighted by Gasteiger charge is -2.13. The molecule has 5 heteroatoms. The third-order valence-corrected chi connectivity index (χ3v) is 2.79. The Morgan fingerprint density at radius 3 is 2.93 bits per heavy atom. The van der Waals surface area contributed by atoms with Crippen LogP contribution < -0.4 is 5.73 Å². The molecule has 1 aromatic heterocycles. The summed E-state index contributed by atoms with van der Waals surface area (Å²) in [5, 5.41) is 10.3. The third kappa shape index (κ3) is 3.85. The van der Waals surface area contributed by atoms with Crippen molar-refractivity contribution in [3.05, 3.63) is 16.1 Å². The van der Waals surface area contributed by atoms with Gasteiger partial charge in [0.2, 0.25) is 0 Å². The molecule has 78 valence electrons. The van der Waals surface area contributed by atoms with E-state index < -0.39 is 0 Å². The van der Waals surface area contributed by atoms with E-state index in [9.17, 15) is 0 Å². The van der Waals surface area contributed by atoms with Crippen LogP contribution in [0, 0.1) is 12.3 Å². The largest absolute Gasteiger partial charge is 0.388 e. The Bertz CT molecular complexity index is 308. The maximum absolute atomic E-state index is 7.11. The van der Waals surface area contributed by atoms with Gasteiger partial charge in [-0.3, -0.25) is 10.3 Å². The topological polar surface area (TPSA) is 66.0 Å². The summed E-state index contributed by atoms with van der Waals surface area (Å²) in [4.78, 5) is 6.49. The van der Waals surface area contributed by atoms with Crippen molar-refractivity contribution >= 4 is 17.2 Å². The molecular formula is C9H16N4S. The molecule has 0 fully saturated rings. The highest BCUT2D eigenvalue weighted by molar-refractivity contribution is 7.09. The molecule has 0 aliphatic rings. The van der Waals surface area contributed by atoms with E-state index in [-0.39, 0.29) is 5.84 Å². The molecule has 4 nitrogen and oxygen atoms in total. The van der Waals surface area contributed by atoms with Crippen LogP contribution in [0.1, 0.15) is 17.1 Å². The van der Waals surface area contributed by atoms with E-state index in [2.05, 4.69) is 9.88 Å².